The smallest absolute Gasteiger partial charge is 0.261 e. The Balaban J connectivity index is 1.53. The van der Waals surface area contributed by atoms with Crippen LogP contribution in [0.4, 0.5) is 0 Å². The summed E-state index contributed by atoms with van der Waals surface area (Å²) >= 11 is 0. The molecule has 0 spiro atoms. The average molecular weight is 326 g/mol. The van der Waals surface area contributed by atoms with Gasteiger partial charge in [-0.1, -0.05) is 12.1 Å². The molecule has 0 bridgehead atoms. The Morgan fingerprint density at radius 1 is 1.08 bits per heavy atom. The standard InChI is InChI=1S/C18H18N2O4/c1-19(10-8-13-5-4-12-24-13)16(21)9-11-20-17(22)14-6-2-3-7-15(14)18(20)23/h2-7,12H,8-11H2,1H3. The highest BCUT2D eigenvalue weighted by Crippen LogP contribution is 2.22. The number of hydrogen-bond donors (Lipinski definition) is 0. The number of imide groups is 1. The molecule has 1 aromatic carbocycles. The molecule has 24 heavy (non-hydrogen) atoms. The molecule has 2 heterocycles. The van der Waals surface area contributed by atoms with E-state index in [0.717, 1.165) is 10.7 Å². The van der Waals surface area contributed by atoms with Crippen LogP contribution >= 0.6 is 0 Å². The molecular weight excluding hydrogens is 308 g/mol. The summed E-state index contributed by atoms with van der Waals surface area (Å²) < 4.78 is 5.23. The molecule has 0 N–H and O–H groups in total. The molecule has 3 amide bonds. The van der Waals surface area contributed by atoms with Gasteiger partial charge in [-0.2, -0.15) is 0 Å². The van der Waals surface area contributed by atoms with E-state index >= 15 is 0 Å². The molecule has 124 valence electrons. The molecule has 1 aliphatic rings. The number of benzene rings is 1. The summed E-state index contributed by atoms with van der Waals surface area (Å²) in [5.74, 6) is 0.0383. The van der Waals surface area contributed by atoms with Crippen molar-refractivity contribution in [2.45, 2.75) is 12.8 Å². The van der Waals surface area contributed by atoms with Crippen LogP contribution in [0, 0.1) is 0 Å². The summed E-state index contributed by atoms with van der Waals surface area (Å²) in [6, 6.07) is 10.4. The number of likely N-dealkylation sites (N-methyl/N-ethyl adjacent to an activating group) is 1. The maximum atomic E-state index is 12.2. The quantitative estimate of drug-likeness (QED) is 0.761. The van der Waals surface area contributed by atoms with Gasteiger partial charge in [-0.15, -0.1) is 0 Å². The van der Waals surface area contributed by atoms with Gasteiger partial charge < -0.3 is 9.32 Å². The Hall–Kier alpha value is -2.89. The summed E-state index contributed by atoms with van der Waals surface area (Å²) in [6.07, 6.45) is 2.34. The average Bonchev–Trinajstić information content (AvgIpc) is 3.19. The Kier molecular flexibility index (Phi) is 4.46. The third-order valence-electron chi connectivity index (χ3n) is 4.13. The molecule has 6 nitrogen and oxygen atoms in total. The Bertz CT molecular complexity index is 732. The maximum absolute atomic E-state index is 12.2. The molecule has 0 fully saturated rings. The molecule has 0 saturated carbocycles. The van der Waals surface area contributed by atoms with Crippen molar-refractivity contribution in [3.8, 4) is 0 Å². The lowest BCUT2D eigenvalue weighted by Gasteiger charge is -2.19. The molecular formula is C18H18N2O4. The van der Waals surface area contributed by atoms with Crippen molar-refractivity contribution in [3.05, 3.63) is 59.5 Å². The molecule has 0 atom stereocenters. The van der Waals surface area contributed by atoms with Crippen molar-refractivity contribution in [1.29, 1.82) is 0 Å². The van der Waals surface area contributed by atoms with Crippen LogP contribution in [0.5, 0.6) is 0 Å². The van der Waals surface area contributed by atoms with Gasteiger partial charge in [0.05, 0.1) is 17.4 Å². The van der Waals surface area contributed by atoms with E-state index in [2.05, 4.69) is 0 Å². The van der Waals surface area contributed by atoms with Crippen LogP contribution in [-0.4, -0.2) is 47.7 Å². The zero-order valence-corrected chi connectivity index (χ0v) is 13.4. The van der Waals surface area contributed by atoms with E-state index < -0.39 is 0 Å². The largest absolute Gasteiger partial charge is 0.469 e. The van der Waals surface area contributed by atoms with Crippen LogP contribution in [0.2, 0.25) is 0 Å². The van der Waals surface area contributed by atoms with E-state index in [4.69, 9.17) is 4.42 Å². The first-order valence-corrected chi connectivity index (χ1v) is 7.79. The highest BCUT2D eigenvalue weighted by Gasteiger charge is 2.35. The minimum Gasteiger partial charge on any atom is -0.469 e. The lowest BCUT2D eigenvalue weighted by atomic mass is 10.1. The predicted octanol–water partition coefficient (Wildman–Crippen LogP) is 1.97. The molecule has 0 saturated heterocycles. The highest BCUT2D eigenvalue weighted by atomic mass is 16.3. The number of rotatable bonds is 6. The van der Waals surface area contributed by atoms with E-state index in [1.807, 2.05) is 6.07 Å². The van der Waals surface area contributed by atoms with Gasteiger partial charge in [0.1, 0.15) is 5.76 Å². The molecule has 1 aromatic heterocycles. The van der Waals surface area contributed by atoms with E-state index in [0.29, 0.717) is 24.1 Å². The fourth-order valence-corrected chi connectivity index (χ4v) is 2.70. The summed E-state index contributed by atoms with van der Waals surface area (Å²) in [6.45, 7) is 0.616. The fraction of sp³-hybridized carbons (Fsp3) is 0.278. The lowest BCUT2D eigenvalue weighted by Crippen LogP contribution is -2.36. The monoisotopic (exact) mass is 326 g/mol. The van der Waals surface area contributed by atoms with Crippen molar-refractivity contribution in [2.75, 3.05) is 20.1 Å². The fourth-order valence-electron chi connectivity index (χ4n) is 2.70. The number of carbonyl (C=O) groups excluding carboxylic acids is 3. The minimum absolute atomic E-state index is 0.0935. The lowest BCUT2D eigenvalue weighted by molar-refractivity contribution is -0.129. The minimum atomic E-state index is -0.332. The van der Waals surface area contributed by atoms with Crippen LogP contribution in [0.25, 0.3) is 0 Å². The van der Waals surface area contributed by atoms with E-state index in [9.17, 15) is 14.4 Å². The van der Waals surface area contributed by atoms with Crippen molar-refractivity contribution in [1.82, 2.24) is 9.80 Å². The van der Waals surface area contributed by atoms with Gasteiger partial charge in [0.15, 0.2) is 0 Å². The highest BCUT2D eigenvalue weighted by molar-refractivity contribution is 6.21. The van der Waals surface area contributed by atoms with Gasteiger partial charge in [-0.25, -0.2) is 0 Å². The molecule has 2 aromatic rings. The molecule has 1 aliphatic heterocycles. The van der Waals surface area contributed by atoms with Crippen LogP contribution in [0.3, 0.4) is 0 Å². The topological polar surface area (TPSA) is 70.8 Å². The third kappa shape index (κ3) is 3.08. The van der Waals surface area contributed by atoms with Gasteiger partial charge in [0, 0.05) is 33.0 Å². The first-order valence-electron chi connectivity index (χ1n) is 7.79. The van der Waals surface area contributed by atoms with Gasteiger partial charge in [-0.3, -0.25) is 19.3 Å². The van der Waals surface area contributed by atoms with Crippen molar-refractivity contribution in [2.24, 2.45) is 0 Å². The number of hydrogen-bond acceptors (Lipinski definition) is 4. The second-order valence-corrected chi connectivity index (χ2v) is 5.70. The maximum Gasteiger partial charge on any atom is 0.261 e. The summed E-state index contributed by atoms with van der Waals surface area (Å²) in [5.41, 5.74) is 0.808. The molecule has 0 unspecified atom stereocenters. The van der Waals surface area contributed by atoms with Gasteiger partial charge in [0.25, 0.3) is 11.8 Å². The van der Waals surface area contributed by atoms with Gasteiger partial charge >= 0.3 is 0 Å². The zero-order chi connectivity index (χ0) is 17.1. The van der Waals surface area contributed by atoms with Crippen LogP contribution in [0.15, 0.2) is 47.1 Å². The van der Waals surface area contributed by atoms with Gasteiger partial charge in [-0.05, 0) is 24.3 Å². The molecule has 0 radical (unpaired) electrons. The Morgan fingerprint density at radius 3 is 2.33 bits per heavy atom. The van der Waals surface area contributed by atoms with Crippen molar-refractivity contribution < 1.29 is 18.8 Å². The van der Waals surface area contributed by atoms with E-state index in [-0.39, 0.29) is 30.7 Å². The van der Waals surface area contributed by atoms with Crippen molar-refractivity contribution >= 4 is 17.7 Å². The first-order chi connectivity index (χ1) is 11.6. The zero-order valence-electron chi connectivity index (χ0n) is 13.4. The first kappa shape index (κ1) is 16.0. The SMILES string of the molecule is CN(CCc1ccco1)C(=O)CCN1C(=O)c2ccccc2C1=O. The predicted molar refractivity (Wildman–Crippen MR) is 86.5 cm³/mol. The van der Waals surface area contributed by atoms with E-state index in [1.54, 1.807) is 48.5 Å². The number of carbonyl (C=O) groups is 3. The Morgan fingerprint density at radius 2 is 1.75 bits per heavy atom. The molecule has 0 aliphatic carbocycles. The number of furan rings is 1. The molecule has 6 heteroatoms. The normalized spacial score (nSPS) is 13.3. The second kappa shape index (κ2) is 6.70. The van der Waals surface area contributed by atoms with Gasteiger partial charge in [0.2, 0.25) is 5.91 Å². The number of nitrogens with zero attached hydrogens (tertiary/aromatic N) is 2. The summed E-state index contributed by atoms with van der Waals surface area (Å²) in [4.78, 5) is 39.4. The second-order valence-electron chi connectivity index (χ2n) is 5.70. The van der Waals surface area contributed by atoms with Crippen LogP contribution in [0.1, 0.15) is 32.9 Å². The molecule has 3 rings (SSSR count). The third-order valence-corrected chi connectivity index (χ3v) is 4.13. The van der Waals surface area contributed by atoms with Crippen LogP contribution in [-0.2, 0) is 11.2 Å². The summed E-state index contributed by atoms with van der Waals surface area (Å²) in [7, 11) is 1.70. The van der Waals surface area contributed by atoms with Crippen LogP contribution < -0.4 is 0 Å². The Labute approximate surface area is 139 Å². The van der Waals surface area contributed by atoms with E-state index in [1.165, 1.54) is 0 Å². The van der Waals surface area contributed by atoms with Crippen molar-refractivity contribution in [3.63, 3.8) is 0 Å². The summed E-state index contributed by atoms with van der Waals surface area (Å²) in [5, 5.41) is 0. The number of amides is 3. The number of fused-ring (bicyclic) bond motifs is 1.